The number of hydrogen-bond donors (Lipinski definition) is 2. The number of anilines is 1. The predicted octanol–water partition coefficient (Wildman–Crippen LogP) is 2.17. The summed E-state index contributed by atoms with van der Waals surface area (Å²) in [5, 5.41) is 5.39. The number of hydrogen-bond acceptors (Lipinski definition) is 5. The summed E-state index contributed by atoms with van der Waals surface area (Å²) in [6.07, 6.45) is 1.77. The van der Waals surface area contributed by atoms with Crippen molar-refractivity contribution >= 4 is 17.6 Å². The molecule has 2 N–H and O–H groups in total. The van der Waals surface area contributed by atoms with E-state index in [1.54, 1.807) is 30.5 Å². The van der Waals surface area contributed by atoms with Gasteiger partial charge in [-0.05, 0) is 36.8 Å². The summed E-state index contributed by atoms with van der Waals surface area (Å²) in [6, 6.07) is 8.51. The fourth-order valence-corrected chi connectivity index (χ4v) is 2.14. The molecule has 0 unspecified atom stereocenters. The highest BCUT2D eigenvalue weighted by Crippen LogP contribution is 2.22. The molecule has 7 heteroatoms. The molecule has 0 aliphatic heterocycles. The number of nitrogens with zero attached hydrogens (tertiary/aromatic N) is 1. The second-order valence-electron chi connectivity index (χ2n) is 5.37. The number of rotatable bonds is 7. The van der Waals surface area contributed by atoms with E-state index in [1.807, 2.05) is 13.0 Å². The zero-order valence-electron chi connectivity index (χ0n) is 14.5. The summed E-state index contributed by atoms with van der Waals surface area (Å²) in [5.41, 5.74) is 1.41. The molecular formula is C18H21N3O4. The SMILES string of the molecule is COc1cc(OC)cc(C(=O)NCCC(=O)Nc2cc(C)ccn2)c1. The number of aryl methyl sites for hydroxylation is 1. The quantitative estimate of drug-likeness (QED) is 0.804. The molecule has 0 saturated carbocycles. The Morgan fingerprint density at radius 3 is 2.36 bits per heavy atom. The Kier molecular flexibility index (Phi) is 6.33. The molecule has 2 amide bonds. The minimum Gasteiger partial charge on any atom is -0.497 e. The first-order valence-corrected chi connectivity index (χ1v) is 7.75. The van der Waals surface area contributed by atoms with Gasteiger partial charge in [-0.2, -0.15) is 0 Å². The molecule has 0 aliphatic carbocycles. The van der Waals surface area contributed by atoms with E-state index < -0.39 is 0 Å². The molecule has 0 radical (unpaired) electrons. The highest BCUT2D eigenvalue weighted by Gasteiger charge is 2.10. The lowest BCUT2D eigenvalue weighted by Gasteiger charge is -2.09. The van der Waals surface area contributed by atoms with Crippen LogP contribution < -0.4 is 20.1 Å². The maximum Gasteiger partial charge on any atom is 0.251 e. The molecule has 1 aromatic carbocycles. The zero-order valence-corrected chi connectivity index (χ0v) is 14.5. The second kappa shape index (κ2) is 8.68. The van der Waals surface area contributed by atoms with Crippen LogP contribution in [-0.2, 0) is 4.79 Å². The fraction of sp³-hybridized carbons (Fsp3) is 0.278. The van der Waals surface area contributed by atoms with Gasteiger partial charge in [0, 0.05) is 30.8 Å². The van der Waals surface area contributed by atoms with Gasteiger partial charge in [0.15, 0.2) is 0 Å². The van der Waals surface area contributed by atoms with Crippen LogP contribution in [0.1, 0.15) is 22.3 Å². The zero-order chi connectivity index (χ0) is 18.2. The molecule has 0 atom stereocenters. The van der Waals surface area contributed by atoms with Crippen molar-refractivity contribution in [2.45, 2.75) is 13.3 Å². The monoisotopic (exact) mass is 343 g/mol. The number of nitrogens with one attached hydrogen (secondary N) is 2. The van der Waals surface area contributed by atoms with E-state index in [0.29, 0.717) is 22.9 Å². The molecule has 0 bridgehead atoms. The minimum absolute atomic E-state index is 0.141. The maximum atomic E-state index is 12.2. The molecule has 2 rings (SSSR count). The van der Waals surface area contributed by atoms with Crippen LogP contribution >= 0.6 is 0 Å². The Hall–Kier alpha value is -3.09. The maximum absolute atomic E-state index is 12.2. The summed E-state index contributed by atoms with van der Waals surface area (Å²) in [5.74, 6) is 1.01. The van der Waals surface area contributed by atoms with Crippen molar-refractivity contribution in [3.8, 4) is 11.5 Å². The fourth-order valence-electron chi connectivity index (χ4n) is 2.14. The van der Waals surface area contributed by atoms with Gasteiger partial charge in [-0.3, -0.25) is 9.59 Å². The first-order valence-electron chi connectivity index (χ1n) is 7.75. The number of aromatic nitrogens is 1. The Bertz CT molecular complexity index is 739. The van der Waals surface area contributed by atoms with Gasteiger partial charge in [0.2, 0.25) is 5.91 Å². The molecular weight excluding hydrogens is 322 g/mol. The standard InChI is InChI=1S/C18H21N3O4/c1-12-4-6-19-16(8-12)21-17(22)5-7-20-18(23)13-9-14(24-2)11-15(10-13)25-3/h4,6,8-11H,5,7H2,1-3H3,(H,20,23)(H,19,21,22). The predicted molar refractivity (Wildman–Crippen MR) is 94.1 cm³/mol. The van der Waals surface area contributed by atoms with Gasteiger partial charge in [0.05, 0.1) is 14.2 Å². The van der Waals surface area contributed by atoms with Gasteiger partial charge >= 0.3 is 0 Å². The average molecular weight is 343 g/mol. The normalized spacial score (nSPS) is 10.0. The third kappa shape index (κ3) is 5.49. The van der Waals surface area contributed by atoms with Gasteiger partial charge in [-0.15, -0.1) is 0 Å². The Balaban J connectivity index is 1.86. The average Bonchev–Trinajstić information content (AvgIpc) is 2.61. The van der Waals surface area contributed by atoms with Crippen LogP contribution in [0.15, 0.2) is 36.5 Å². The lowest BCUT2D eigenvalue weighted by molar-refractivity contribution is -0.116. The number of pyridine rings is 1. The number of amides is 2. The van der Waals surface area contributed by atoms with Crippen molar-refractivity contribution in [3.63, 3.8) is 0 Å². The van der Waals surface area contributed by atoms with E-state index in [2.05, 4.69) is 15.6 Å². The van der Waals surface area contributed by atoms with Crippen LogP contribution in [0.25, 0.3) is 0 Å². The molecule has 2 aromatic rings. The second-order valence-corrected chi connectivity index (χ2v) is 5.37. The number of ether oxygens (including phenoxy) is 2. The Morgan fingerprint density at radius 1 is 1.08 bits per heavy atom. The topological polar surface area (TPSA) is 89.5 Å². The van der Waals surface area contributed by atoms with E-state index in [1.165, 1.54) is 14.2 Å². The lowest BCUT2D eigenvalue weighted by atomic mass is 10.2. The molecule has 7 nitrogen and oxygen atoms in total. The lowest BCUT2D eigenvalue weighted by Crippen LogP contribution is -2.27. The number of carbonyl (C=O) groups is 2. The number of benzene rings is 1. The summed E-state index contributed by atoms with van der Waals surface area (Å²) in [7, 11) is 3.03. The van der Waals surface area contributed by atoms with Gasteiger partial charge in [-0.1, -0.05) is 0 Å². The van der Waals surface area contributed by atoms with E-state index in [-0.39, 0.29) is 24.8 Å². The third-order valence-electron chi connectivity index (χ3n) is 3.43. The summed E-state index contributed by atoms with van der Waals surface area (Å²) in [6.45, 7) is 2.12. The van der Waals surface area contributed by atoms with Crippen LogP contribution in [0.3, 0.4) is 0 Å². The summed E-state index contributed by atoms with van der Waals surface area (Å²) in [4.78, 5) is 28.2. The molecule has 132 valence electrons. The van der Waals surface area contributed by atoms with Gasteiger partial charge in [-0.25, -0.2) is 4.98 Å². The van der Waals surface area contributed by atoms with Crippen molar-refractivity contribution in [1.82, 2.24) is 10.3 Å². The molecule has 0 aliphatic rings. The smallest absolute Gasteiger partial charge is 0.251 e. The van der Waals surface area contributed by atoms with Crippen molar-refractivity contribution < 1.29 is 19.1 Å². The third-order valence-corrected chi connectivity index (χ3v) is 3.43. The van der Waals surface area contributed by atoms with Crippen molar-refractivity contribution in [2.24, 2.45) is 0 Å². The first-order chi connectivity index (χ1) is 12.0. The summed E-state index contributed by atoms with van der Waals surface area (Å²) < 4.78 is 10.3. The molecule has 0 fully saturated rings. The Morgan fingerprint density at radius 2 is 1.76 bits per heavy atom. The minimum atomic E-state index is -0.307. The van der Waals surface area contributed by atoms with Crippen molar-refractivity contribution in [3.05, 3.63) is 47.7 Å². The molecule has 1 aromatic heterocycles. The first kappa shape index (κ1) is 18.3. The van der Waals surface area contributed by atoms with Crippen molar-refractivity contribution in [1.29, 1.82) is 0 Å². The number of carbonyl (C=O) groups excluding carboxylic acids is 2. The number of methoxy groups -OCH3 is 2. The molecule has 0 saturated heterocycles. The van der Waals surface area contributed by atoms with Crippen molar-refractivity contribution in [2.75, 3.05) is 26.1 Å². The van der Waals surface area contributed by atoms with E-state index in [4.69, 9.17) is 9.47 Å². The van der Waals surface area contributed by atoms with E-state index in [9.17, 15) is 9.59 Å². The van der Waals surface area contributed by atoms with Crippen LogP contribution in [0, 0.1) is 6.92 Å². The van der Waals surface area contributed by atoms with E-state index in [0.717, 1.165) is 5.56 Å². The molecule has 1 heterocycles. The Labute approximate surface area is 146 Å². The highest BCUT2D eigenvalue weighted by atomic mass is 16.5. The van der Waals surface area contributed by atoms with Crippen LogP contribution in [-0.4, -0.2) is 37.6 Å². The highest BCUT2D eigenvalue weighted by molar-refractivity contribution is 5.95. The molecule has 25 heavy (non-hydrogen) atoms. The van der Waals surface area contributed by atoms with Crippen LogP contribution in [0.4, 0.5) is 5.82 Å². The largest absolute Gasteiger partial charge is 0.497 e. The van der Waals surface area contributed by atoms with Gasteiger partial charge in [0.1, 0.15) is 17.3 Å². The van der Waals surface area contributed by atoms with E-state index >= 15 is 0 Å². The van der Waals surface area contributed by atoms with Gasteiger partial charge in [0.25, 0.3) is 5.91 Å². The van der Waals surface area contributed by atoms with Crippen LogP contribution in [0.2, 0.25) is 0 Å². The summed E-state index contributed by atoms with van der Waals surface area (Å²) >= 11 is 0. The van der Waals surface area contributed by atoms with Crippen LogP contribution in [0.5, 0.6) is 11.5 Å². The van der Waals surface area contributed by atoms with Gasteiger partial charge < -0.3 is 20.1 Å². The molecule has 0 spiro atoms.